The highest BCUT2D eigenvalue weighted by Crippen LogP contribution is 2.39. The van der Waals surface area contributed by atoms with Crippen LogP contribution in [0.1, 0.15) is 42.4 Å². The van der Waals surface area contributed by atoms with Gasteiger partial charge in [0.2, 0.25) is 0 Å². The van der Waals surface area contributed by atoms with E-state index < -0.39 is 11.5 Å². The molecule has 0 heterocycles. The van der Waals surface area contributed by atoms with Crippen molar-refractivity contribution in [1.29, 1.82) is 10.5 Å². The fourth-order valence-electron chi connectivity index (χ4n) is 2.25. The van der Waals surface area contributed by atoms with Gasteiger partial charge in [0.15, 0.2) is 11.5 Å². The number of allylic oxidation sites excluding steroid dienone is 2. The van der Waals surface area contributed by atoms with E-state index >= 15 is 0 Å². The molecule has 1 aromatic rings. The molecule has 4 heteroatoms. The first kappa shape index (κ1) is 12.0. The van der Waals surface area contributed by atoms with Gasteiger partial charge >= 0.3 is 0 Å². The highest BCUT2D eigenvalue weighted by atomic mass is 16.3. The van der Waals surface area contributed by atoms with Crippen LogP contribution in [0.2, 0.25) is 0 Å². The SMILES string of the molecule is N#Cc1cc(O)c(O)c(C#N)c1C1=CCCCC1. The number of hydrogen-bond donors (Lipinski definition) is 2. The Morgan fingerprint density at radius 1 is 1.11 bits per heavy atom. The molecule has 1 aromatic carbocycles. The standard InChI is InChI=1S/C14H12N2O2/c15-7-10-6-12(17)14(18)11(8-16)13(10)9-4-2-1-3-5-9/h4,6,17-18H,1-3,5H2. The van der Waals surface area contributed by atoms with Crippen LogP contribution in [0.25, 0.3) is 5.57 Å². The first-order valence-corrected chi connectivity index (χ1v) is 5.77. The number of nitrogens with zero attached hydrogens (tertiary/aromatic N) is 2. The zero-order valence-corrected chi connectivity index (χ0v) is 9.77. The molecule has 90 valence electrons. The first-order chi connectivity index (χ1) is 8.69. The van der Waals surface area contributed by atoms with E-state index in [9.17, 15) is 10.2 Å². The number of benzene rings is 1. The molecule has 1 aliphatic rings. The zero-order chi connectivity index (χ0) is 13.1. The predicted octanol–water partition coefficient (Wildman–Crippen LogP) is 2.80. The van der Waals surface area contributed by atoms with Crippen LogP contribution in [0, 0.1) is 22.7 Å². The highest BCUT2D eigenvalue weighted by Gasteiger charge is 2.21. The molecule has 0 bridgehead atoms. The maximum Gasteiger partial charge on any atom is 0.176 e. The van der Waals surface area contributed by atoms with E-state index in [0.29, 0.717) is 5.56 Å². The molecule has 0 unspecified atom stereocenters. The summed E-state index contributed by atoms with van der Waals surface area (Å²) in [7, 11) is 0. The Hall–Kier alpha value is -2.46. The molecule has 0 aromatic heterocycles. The van der Waals surface area contributed by atoms with Crippen LogP contribution in [-0.2, 0) is 0 Å². The molecule has 0 saturated heterocycles. The van der Waals surface area contributed by atoms with Crippen molar-refractivity contribution in [2.24, 2.45) is 0 Å². The van der Waals surface area contributed by atoms with Gasteiger partial charge in [0.05, 0.1) is 11.6 Å². The van der Waals surface area contributed by atoms with Crippen LogP contribution >= 0.6 is 0 Å². The number of aromatic hydroxyl groups is 2. The average molecular weight is 240 g/mol. The van der Waals surface area contributed by atoms with Gasteiger partial charge in [0, 0.05) is 11.6 Å². The smallest absolute Gasteiger partial charge is 0.176 e. The third-order valence-electron chi connectivity index (χ3n) is 3.12. The Kier molecular flexibility index (Phi) is 3.21. The molecule has 2 rings (SSSR count). The minimum atomic E-state index is -0.446. The van der Waals surface area contributed by atoms with Crippen LogP contribution < -0.4 is 0 Å². The summed E-state index contributed by atoms with van der Waals surface area (Å²) in [5.41, 5.74) is 1.59. The van der Waals surface area contributed by atoms with Crippen molar-refractivity contribution in [3.63, 3.8) is 0 Å². The molecule has 0 radical (unpaired) electrons. The summed E-state index contributed by atoms with van der Waals surface area (Å²) in [5.74, 6) is -0.874. The van der Waals surface area contributed by atoms with Gasteiger partial charge in [-0.05, 0) is 31.3 Å². The van der Waals surface area contributed by atoms with Crippen LogP contribution in [0.4, 0.5) is 0 Å². The molecule has 1 aliphatic carbocycles. The number of rotatable bonds is 1. The Morgan fingerprint density at radius 3 is 2.44 bits per heavy atom. The molecule has 0 amide bonds. The van der Waals surface area contributed by atoms with Crippen molar-refractivity contribution in [2.75, 3.05) is 0 Å². The largest absolute Gasteiger partial charge is 0.504 e. The topological polar surface area (TPSA) is 88.0 Å². The summed E-state index contributed by atoms with van der Waals surface area (Å²) < 4.78 is 0. The van der Waals surface area contributed by atoms with E-state index in [1.807, 2.05) is 18.2 Å². The lowest BCUT2D eigenvalue weighted by atomic mass is 9.87. The minimum Gasteiger partial charge on any atom is -0.504 e. The monoisotopic (exact) mass is 240 g/mol. The summed E-state index contributed by atoms with van der Waals surface area (Å²) in [6.07, 6.45) is 5.79. The molecule has 0 fully saturated rings. The molecule has 4 nitrogen and oxygen atoms in total. The van der Waals surface area contributed by atoms with E-state index in [-0.39, 0.29) is 11.1 Å². The fourth-order valence-corrected chi connectivity index (χ4v) is 2.25. The van der Waals surface area contributed by atoms with Crippen LogP contribution in [0.15, 0.2) is 12.1 Å². The number of hydrogen-bond acceptors (Lipinski definition) is 4. The van der Waals surface area contributed by atoms with Gasteiger partial charge in [0.1, 0.15) is 11.6 Å². The molecule has 0 atom stereocenters. The van der Waals surface area contributed by atoms with Gasteiger partial charge in [-0.15, -0.1) is 0 Å². The Labute approximate surface area is 105 Å². The van der Waals surface area contributed by atoms with Crippen LogP contribution in [0.5, 0.6) is 11.5 Å². The van der Waals surface area contributed by atoms with Crippen molar-refractivity contribution in [1.82, 2.24) is 0 Å². The fraction of sp³-hybridized carbons (Fsp3) is 0.286. The quantitative estimate of drug-likeness (QED) is 0.739. The second-order valence-corrected chi connectivity index (χ2v) is 4.24. The maximum absolute atomic E-state index is 9.72. The van der Waals surface area contributed by atoms with Crippen molar-refractivity contribution in [3.05, 3.63) is 28.8 Å². The molecule has 18 heavy (non-hydrogen) atoms. The van der Waals surface area contributed by atoms with Crippen molar-refractivity contribution in [2.45, 2.75) is 25.7 Å². The minimum absolute atomic E-state index is 0.0142. The van der Waals surface area contributed by atoms with E-state index in [2.05, 4.69) is 0 Å². The third-order valence-corrected chi connectivity index (χ3v) is 3.12. The molecule has 0 spiro atoms. The van der Waals surface area contributed by atoms with Crippen molar-refractivity contribution >= 4 is 5.57 Å². The number of nitriles is 2. The van der Waals surface area contributed by atoms with E-state index in [0.717, 1.165) is 31.3 Å². The molecule has 0 aliphatic heterocycles. The van der Waals surface area contributed by atoms with Gasteiger partial charge in [-0.1, -0.05) is 6.08 Å². The Bertz CT molecular complexity index is 604. The lowest BCUT2D eigenvalue weighted by Crippen LogP contribution is -1.99. The number of phenols is 2. The molecule has 0 saturated carbocycles. The normalized spacial score (nSPS) is 14.4. The lowest BCUT2D eigenvalue weighted by molar-refractivity contribution is 0.402. The Balaban J connectivity index is 2.72. The summed E-state index contributed by atoms with van der Waals surface area (Å²) in [6, 6.07) is 5.06. The van der Waals surface area contributed by atoms with Crippen molar-refractivity contribution in [3.8, 4) is 23.6 Å². The third kappa shape index (κ3) is 1.89. The first-order valence-electron chi connectivity index (χ1n) is 5.77. The average Bonchev–Trinajstić information content (AvgIpc) is 2.42. The summed E-state index contributed by atoms with van der Waals surface area (Å²) >= 11 is 0. The second kappa shape index (κ2) is 4.81. The van der Waals surface area contributed by atoms with E-state index in [4.69, 9.17) is 10.5 Å². The van der Waals surface area contributed by atoms with Crippen LogP contribution in [0.3, 0.4) is 0 Å². The zero-order valence-electron chi connectivity index (χ0n) is 9.77. The van der Waals surface area contributed by atoms with Gasteiger partial charge in [0.25, 0.3) is 0 Å². The molecular formula is C14H12N2O2. The maximum atomic E-state index is 9.72. The molecular weight excluding hydrogens is 228 g/mol. The predicted molar refractivity (Wildman–Crippen MR) is 65.6 cm³/mol. The second-order valence-electron chi connectivity index (χ2n) is 4.24. The van der Waals surface area contributed by atoms with E-state index in [1.165, 1.54) is 6.07 Å². The summed E-state index contributed by atoms with van der Waals surface area (Å²) in [6.45, 7) is 0. The van der Waals surface area contributed by atoms with E-state index in [1.54, 1.807) is 0 Å². The summed E-state index contributed by atoms with van der Waals surface area (Å²) in [5, 5.41) is 37.4. The van der Waals surface area contributed by atoms with Gasteiger partial charge in [-0.3, -0.25) is 0 Å². The summed E-state index contributed by atoms with van der Waals surface area (Å²) in [4.78, 5) is 0. The number of phenolic OH excluding ortho intramolecular Hbond substituents is 2. The van der Waals surface area contributed by atoms with Gasteiger partial charge in [-0.25, -0.2) is 0 Å². The lowest BCUT2D eigenvalue weighted by Gasteiger charge is -2.16. The van der Waals surface area contributed by atoms with Gasteiger partial charge in [-0.2, -0.15) is 10.5 Å². The Morgan fingerprint density at radius 2 is 1.89 bits per heavy atom. The van der Waals surface area contributed by atoms with Crippen LogP contribution in [-0.4, -0.2) is 10.2 Å². The van der Waals surface area contributed by atoms with Crippen molar-refractivity contribution < 1.29 is 10.2 Å². The highest BCUT2D eigenvalue weighted by molar-refractivity contribution is 5.79. The molecule has 2 N–H and O–H groups in total. The van der Waals surface area contributed by atoms with Gasteiger partial charge < -0.3 is 10.2 Å².